The second-order valence-corrected chi connectivity index (χ2v) is 7.10. The van der Waals surface area contributed by atoms with Crippen molar-refractivity contribution in [3.05, 3.63) is 23.8 Å². The fourth-order valence-electron chi connectivity index (χ4n) is 2.35. The van der Waals surface area contributed by atoms with Crippen LogP contribution in [0.3, 0.4) is 0 Å². The van der Waals surface area contributed by atoms with Crippen LogP contribution < -0.4 is 10.2 Å². The maximum atomic E-state index is 12.4. The fourth-order valence-corrected chi connectivity index (χ4v) is 2.35. The van der Waals surface area contributed by atoms with Crippen LogP contribution in [0, 0.1) is 6.92 Å². The summed E-state index contributed by atoms with van der Waals surface area (Å²) in [6.45, 7) is 12.4. The van der Waals surface area contributed by atoms with E-state index in [0.717, 1.165) is 16.9 Å². The quantitative estimate of drug-likeness (QED) is 0.780. The van der Waals surface area contributed by atoms with Gasteiger partial charge in [0.2, 0.25) is 0 Å². The summed E-state index contributed by atoms with van der Waals surface area (Å²) in [4.78, 5) is 14.1. The highest BCUT2D eigenvalue weighted by Gasteiger charge is 2.35. The van der Waals surface area contributed by atoms with Crippen LogP contribution in [0.4, 0.5) is 16.2 Å². The third kappa shape index (κ3) is 3.24. The summed E-state index contributed by atoms with van der Waals surface area (Å²) in [7, 11) is 0. The maximum Gasteiger partial charge on any atom is 0.414 e. The van der Waals surface area contributed by atoms with Gasteiger partial charge in [-0.25, -0.2) is 4.79 Å². The molecular weight excluding hydrogens is 252 g/mol. The van der Waals surface area contributed by atoms with E-state index in [-0.39, 0.29) is 11.6 Å². The van der Waals surface area contributed by atoms with Crippen molar-refractivity contribution >= 4 is 17.5 Å². The summed E-state index contributed by atoms with van der Waals surface area (Å²) in [5.41, 5.74) is 2.35. The molecule has 4 nitrogen and oxygen atoms in total. The van der Waals surface area contributed by atoms with Crippen LogP contribution in [0.1, 0.15) is 40.2 Å². The third-order valence-corrected chi connectivity index (χ3v) is 3.08. The molecule has 20 heavy (non-hydrogen) atoms. The van der Waals surface area contributed by atoms with Gasteiger partial charge in [0, 0.05) is 5.54 Å². The Bertz CT molecular complexity index is 530. The van der Waals surface area contributed by atoms with E-state index in [4.69, 9.17) is 4.74 Å². The number of fused-ring (bicyclic) bond motifs is 1. The van der Waals surface area contributed by atoms with Crippen LogP contribution in [0.2, 0.25) is 0 Å². The van der Waals surface area contributed by atoms with Crippen molar-refractivity contribution in [3.8, 4) is 0 Å². The molecule has 1 heterocycles. The Kier molecular flexibility index (Phi) is 3.44. The van der Waals surface area contributed by atoms with Gasteiger partial charge in [0.15, 0.2) is 0 Å². The predicted molar refractivity (Wildman–Crippen MR) is 82.5 cm³/mol. The lowest BCUT2D eigenvalue weighted by Gasteiger charge is -2.41. The van der Waals surface area contributed by atoms with Crippen molar-refractivity contribution < 1.29 is 9.53 Å². The number of hydrogen-bond donors (Lipinski definition) is 1. The summed E-state index contributed by atoms with van der Waals surface area (Å²) in [5.74, 6) is 0. The highest BCUT2D eigenvalue weighted by molar-refractivity contribution is 5.94. The van der Waals surface area contributed by atoms with Crippen molar-refractivity contribution in [2.24, 2.45) is 0 Å². The molecule has 110 valence electrons. The number of benzene rings is 1. The Morgan fingerprint density at radius 1 is 1.35 bits per heavy atom. The summed E-state index contributed by atoms with van der Waals surface area (Å²) >= 11 is 0. The van der Waals surface area contributed by atoms with Gasteiger partial charge in [-0.3, -0.25) is 4.90 Å². The van der Waals surface area contributed by atoms with Crippen molar-refractivity contribution in [3.63, 3.8) is 0 Å². The summed E-state index contributed by atoms with van der Waals surface area (Å²) in [6, 6.07) is 6.04. The molecule has 1 aliphatic heterocycles. The summed E-state index contributed by atoms with van der Waals surface area (Å²) in [5, 5.41) is 3.48. The van der Waals surface area contributed by atoms with E-state index in [0.29, 0.717) is 6.54 Å². The molecule has 0 fully saturated rings. The maximum absolute atomic E-state index is 12.4. The van der Waals surface area contributed by atoms with E-state index in [1.54, 1.807) is 4.90 Å². The number of anilines is 2. The average Bonchev–Trinajstić information content (AvgIpc) is 2.23. The van der Waals surface area contributed by atoms with Crippen molar-refractivity contribution in [2.75, 3.05) is 16.8 Å². The van der Waals surface area contributed by atoms with Gasteiger partial charge in [0.05, 0.1) is 17.9 Å². The first-order valence-electron chi connectivity index (χ1n) is 6.97. The number of rotatable bonds is 0. The number of hydrogen-bond acceptors (Lipinski definition) is 3. The monoisotopic (exact) mass is 276 g/mol. The standard InChI is InChI=1S/C16H24N2O2/c1-11-7-8-13-12(9-11)17-16(5,6)10-18(13)14(19)20-15(2,3)4/h7-9,17H,10H2,1-6H3. The van der Waals surface area contributed by atoms with Gasteiger partial charge in [0.25, 0.3) is 0 Å². The lowest BCUT2D eigenvalue weighted by molar-refractivity contribution is 0.0573. The minimum Gasteiger partial charge on any atom is -0.443 e. The number of carbonyl (C=O) groups is 1. The van der Waals surface area contributed by atoms with Gasteiger partial charge in [-0.2, -0.15) is 0 Å². The first-order chi connectivity index (χ1) is 9.07. The normalized spacial score (nSPS) is 17.2. The van der Waals surface area contributed by atoms with E-state index in [1.165, 1.54) is 0 Å². The van der Waals surface area contributed by atoms with Gasteiger partial charge >= 0.3 is 6.09 Å². The van der Waals surface area contributed by atoms with Crippen LogP contribution in [0.15, 0.2) is 18.2 Å². The van der Waals surface area contributed by atoms with Gasteiger partial charge in [-0.05, 0) is 59.2 Å². The molecule has 2 rings (SSSR count). The second kappa shape index (κ2) is 4.69. The molecule has 0 aliphatic carbocycles. The summed E-state index contributed by atoms with van der Waals surface area (Å²) in [6.07, 6.45) is -0.294. The number of aryl methyl sites for hydroxylation is 1. The molecule has 1 N–H and O–H groups in total. The lowest BCUT2D eigenvalue weighted by atomic mass is 9.99. The Balaban J connectivity index is 2.37. The number of carbonyl (C=O) groups excluding carboxylic acids is 1. The summed E-state index contributed by atoms with van der Waals surface area (Å²) < 4.78 is 5.52. The van der Waals surface area contributed by atoms with Crippen molar-refractivity contribution in [1.29, 1.82) is 0 Å². The van der Waals surface area contributed by atoms with Gasteiger partial charge in [-0.15, -0.1) is 0 Å². The highest BCUT2D eigenvalue weighted by atomic mass is 16.6. The molecule has 0 saturated carbocycles. The molecule has 0 atom stereocenters. The van der Waals surface area contributed by atoms with Crippen LogP contribution in [-0.4, -0.2) is 23.8 Å². The predicted octanol–water partition coefficient (Wildman–Crippen LogP) is 3.94. The molecular formula is C16H24N2O2. The second-order valence-electron chi connectivity index (χ2n) is 7.10. The molecule has 0 radical (unpaired) electrons. The lowest BCUT2D eigenvalue weighted by Crippen LogP contribution is -2.51. The molecule has 1 aromatic rings. The SMILES string of the molecule is Cc1ccc2c(c1)NC(C)(C)CN2C(=O)OC(C)(C)C. The molecule has 0 spiro atoms. The van der Waals surface area contributed by atoms with Crippen LogP contribution in [0.5, 0.6) is 0 Å². The molecule has 1 aromatic carbocycles. The van der Waals surface area contributed by atoms with Gasteiger partial charge in [0.1, 0.15) is 5.60 Å². The van der Waals surface area contributed by atoms with Crippen molar-refractivity contribution in [2.45, 2.75) is 52.7 Å². The average molecular weight is 276 g/mol. The fraction of sp³-hybridized carbons (Fsp3) is 0.562. The van der Waals surface area contributed by atoms with E-state index >= 15 is 0 Å². The molecule has 0 saturated heterocycles. The Morgan fingerprint density at radius 3 is 2.60 bits per heavy atom. The molecule has 4 heteroatoms. The zero-order valence-corrected chi connectivity index (χ0v) is 13.2. The largest absolute Gasteiger partial charge is 0.443 e. The Hall–Kier alpha value is -1.71. The number of nitrogens with zero attached hydrogens (tertiary/aromatic N) is 1. The van der Waals surface area contributed by atoms with E-state index in [9.17, 15) is 4.79 Å². The zero-order valence-electron chi connectivity index (χ0n) is 13.2. The van der Waals surface area contributed by atoms with Crippen LogP contribution in [-0.2, 0) is 4.74 Å². The molecule has 0 aromatic heterocycles. The van der Waals surface area contributed by atoms with E-state index < -0.39 is 5.60 Å². The van der Waals surface area contributed by atoms with Gasteiger partial charge in [-0.1, -0.05) is 6.07 Å². The molecule has 0 unspecified atom stereocenters. The topological polar surface area (TPSA) is 41.6 Å². The number of nitrogens with one attached hydrogen (secondary N) is 1. The molecule has 1 aliphatic rings. The Morgan fingerprint density at radius 2 is 2.00 bits per heavy atom. The van der Waals surface area contributed by atoms with Crippen LogP contribution in [0.25, 0.3) is 0 Å². The minimum atomic E-state index is -0.489. The smallest absolute Gasteiger partial charge is 0.414 e. The molecule has 1 amide bonds. The first kappa shape index (κ1) is 14.7. The number of amides is 1. The minimum absolute atomic E-state index is 0.183. The van der Waals surface area contributed by atoms with Crippen molar-refractivity contribution in [1.82, 2.24) is 0 Å². The first-order valence-corrected chi connectivity index (χ1v) is 6.97. The highest BCUT2D eigenvalue weighted by Crippen LogP contribution is 2.35. The van der Waals surface area contributed by atoms with E-state index in [1.807, 2.05) is 39.8 Å². The Labute approximate surface area is 121 Å². The molecule has 0 bridgehead atoms. The third-order valence-electron chi connectivity index (χ3n) is 3.08. The van der Waals surface area contributed by atoms with Gasteiger partial charge < -0.3 is 10.1 Å². The zero-order chi connectivity index (χ0) is 15.1. The van der Waals surface area contributed by atoms with E-state index in [2.05, 4.69) is 25.2 Å². The van der Waals surface area contributed by atoms with Crippen LogP contribution >= 0.6 is 0 Å². The number of ether oxygens (including phenoxy) is 1.